The van der Waals surface area contributed by atoms with E-state index in [4.69, 9.17) is 30.3 Å². The number of carboxylic acids is 1. The van der Waals surface area contributed by atoms with E-state index in [1.165, 1.54) is 11.1 Å². The maximum Gasteiger partial charge on any atom is 0.335 e. The van der Waals surface area contributed by atoms with Gasteiger partial charge in [0.05, 0.1) is 6.61 Å². The zero-order chi connectivity index (χ0) is 23.7. The van der Waals surface area contributed by atoms with Crippen LogP contribution < -0.4 is 0 Å². The third-order valence-electron chi connectivity index (χ3n) is 4.86. The van der Waals surface area contributed by atoms with Gasteiger partial charge in [0.1, 0.15) is 24.4 Å². The number of likely N-dealkylation sites (N-methyl/N-ethyl adjacent to an activating group) is 1. The summed E-state index contributed by atoms with van der Waals surface area (Å²) in [7, 11) is 4.12. The van der Waals surface area contributed by atoms with Crippen LogP contribution in [0.25, 0.3) is 0 Å². The van der Waals surface area contributed by atoms with Gasteiger partial charge in [0.25, 0.3) is 0 Å². The summed E-state index contributed by atoms with van der Waals surface area (Å²) in [6.45, 7) is 1.65. The normalized spacial score (nSPS) is 25.3. The summed E-state index contributed by atoms with van der Waals surface area (Å²) in [5, 5.41) is 44.4. The first-order valence-corrected chi connectivity index (χ1v) is 10.2. The molecule has 0 amide bonds. The van der Waals surface area contributed by atoms with Crippen molar-refractivity contribution in [2.45, 2.75) is 36.8 Å². The Bertz CT molecular complexity index is 765. The Morgan fingerprint density at radius 3 is 1.84 bits per heavy atom. The molecule has 5 N–H and O–H groups in total. The molecule has 5 atom stereocenters. The van der Waals surface area contributed by atoms with Crippen LogP contribution in [0.2, 0.25) is 0 Å². The zero-order valence-electron chi connectivity index (χ0n) is 18.1. The van der Waals surface area contributed by atoms with Crippen molar-refractivity contribution in [3.63, 3.8) is 0 Å². The van der Waals surface area contributed by atoms with Crippen LogP contribution in [0.1, 0.15) is 17.2 Å². The standard InChI is InChI=1S/C17H21NO.C6H10O7/c1-18(2)13-14-19-17(15-9-5-3-6-10-15)16-11-7-4-8-12-16;7-1-2(8)4(5(10)11)13-6(12)3(1)9/h3-12,17H,13-14H2,1-2H3;1-4,6-9,12H,(H,10,11)/t;1-,2-,3+,4-,6?/m.0/s1. The first-order valence-electron chi connectivity index (χ1n) is 10.2. The lowest BCUT2D eigenvalue weighted by atomic mass is 9.99. The largest absolute Gasteiger partial charge is 0.479 e. The lowest BCUT2D eigenvalue weighted by Gasteiger charge is -2.36. The van der Waals surface area contributed by atoms with E-state index in [1.807, 2.05) is 12.1 Å². The number of ether oxygens (including phenoxy) is 2. The Kier molecular flexibility index (Phi) is 10.2. The van der Waals surface area contributed by atoms with Crippen molar-refractivity contribution in [3.05, 3.63) is 71.8 Å². The summed E-state index contributed by atoms with van der Waals surface area (Å²) in [5.41, 5.74) is 2.40. The van der Waals surface area contributed by atoms with E-state index in [2.05, 4.69) is 72.3 Å². The van der Waals surface area contributed by atoms with E-state index in [-0.39, 0.29) is 6.10 Å². The Balaban J connectivity index is 0.000000244. The van der Waals surface area contributed by atoms with Gasteiger partial charge in [-0.1, -0.05) is 60.7 Å². The fraction of sp³-hybridized carbons (Fsp3) is 0.435. The van der Waals surface area contributed by atoms with Crippen molar-refractivity contribution in [3.8, 4) is 0 Å². The van der Waals surface area contributed by atoms with Gasteiger partial charge in [-0.15, -0.1) is 0 Å². The number of hydrogen-bond acceptors (Lipinski definition) is 8. The minimum absolute atomic E-state index is 0.0161. The number of aliphatic hydroxyl groups excluding tert-OH is 4. The Labute approximate surface area is 187 Å². The molecule has 0 saturated carbocycles. The summed E-state index contributed by atoms with van der Waals surface area (Å²) in [5.74, 6) is -1.52. The molecule has 1 fully saturated rings. The Morgan fingerprint density at radius 1 is 0.906 bits per heavy atom. The molecule has 0 bridgehead atoms. The SMILES string of the molecule is CN(C)CCOC(c1ccccc1)c1ccccc1.O=C(O)[C@H]1OC(O)[C@H](O)[C@@H](O)[C@@H]1O. The van der Waals surface area contributed by atoms with E-state index in [0.717, 1.165) is 13.2 Å². The van der Waals surface area contributed by atoms with Gasteiger partial charge in [0.2, 0.25) is 0 Å². The summed E-state index contributed by atoms with van der Waals surface area (Å²) in [6.07, 6.45) is -8.71. The van der Waals surface area contributed by atoms with Crippen LogP contribution in [0.3, 0.4) is 0 Å². The molecular formula is C23H31NO8. The van der Waals surface area contributed by atoms with Crippen LogP contribution in [0.5, 0.6) is 0 Å². The number of benzene rings is 2. The van der Waals surface area contributed by atoms with Crippen LogP contribution in [0.15, 0.2) is 60.7 Å². The molecule has 1 aliphatic heterocycles. The van der Waals surface area contributed by atoms with Gasteiger partial charge >= 0.3 is 5.97 Å². The summed E-state index contributed by atoms with van der Waals surface area (Å²) in [6, 6.07) is 20.8. The van der Waals surface area contributed by atoms with Crippen LogP contribution in [-0.2, 0) is 14.3 Å². The van der Waals surface area contributed by atoms with Gasteiger partial charge in [-0.3, -0.25) is 0 Å². The smallest absolute Gasteiger partial charge is 0.335 e. The van der Waals surface area contributed by atoms with Crippen LogP contribution in [-0.4, -0.2) is 94.4 Å². The van der Waals surface area contributed by atoms with Gasteiger partial charge in [-0.2, -0.15) is 0 Å². The van der Waals surface area contributed by atoms with Crippen molar-refractivity contribution < 1.29 is 39.8 Å². The van der Waals surface area contributed by atoms with Crippen LogP contribution in [0, 0.1) is 0 Å². The first kappa shape index (κ1) is 25.9. The molecule has 1 unspecified atom stereocenters. The fourth-order valence-electron chi connectivity index (χ4n) is 3.06. The van der Waals surface area contributed by atoms with Crippen molar-refractivity contribution in [2.24, 2.45) is 0 Å². The topological polar surface area (TPSA) is 140 Å². The molecule has 2 aromatic rings. The monoisotopic (exact) mass is 449 g/mol. The molecular weight excluding hydrogens is 418 g/mol. The molecule has 3 rings (SSSR count). The molecule has 0 radical (unpaired) electrons. The number of aliphatic hydroxyl groups is 4. The summed E-state index contributed by atoms with van der Waals surface area (Å²) in [4.78, 5) is 12.5. The van der Waals surface area contributed by atoms with Gasteiger partial charge in [0, 0.05) is 6.54 Å². The van der Waals surface area contributed by atoms with E-state index in [9.17, 15) is 4.79 Å². The third kappa shape index (κ3) is 7.35. The number of aliphatic carboxylic acids is 1. The molecule has 9 heteroatoms. The molecule has 1 saturated heterocycles. The maximum atomic E-state index is 10.4. The molecule has 0 spiro atoms. The van der Waals surface area contributed by atoms with E-state index in [1.54, 1.807) is 0 Å². The average molecular weight is 450 g/mol. The fourth-order valence-corrected chi connectivity index (χ4v) is 3.06. The van der Waals surface area contributed by atoms with E-state index >= 15 is 0 Å². The van der Waals surface area contributed by atoms with Gasteiger partial charge in [-0.05, 0) is 25.2 Å². The highest BCUT2D eigenvalue weighted by Gasteiger charge is 2.46. The van der Waals surface area contributed by atoms with Crippen LogP contribution in [0.4, 0.5) is 0 Å². The third-order valence-corrected chi connectivity index (χ3v) is 4.86. The minimum atomic E-state index is -1.81. The lowest BCUT2D eigenvalue weighted by molar-refractivity contribution is -0.279. The van der Waals surface area contributed by atoms with Crippen molar-refractivity contribution in [1.29, 1.82) is 0 Å². The highest BCUT2D eigenvalue weighted by atomic mass is 16.6. The molecule has 0 aliphatic carbocycles. The average Bonchev–Trinajstić information content (AvgIpc) is 2.79. The van der Waals surface area contributed by atoms with Crippen molar-refractivity contribution in [2.75, 3.05) is 27.2 Å². The Morgan fingerprint density at radius 2 is 1.41 bits per heavy atom. The molecule has 9 nitrogen and oxygen atoms in total. The van der Waals surface area contributed by atoms with Gasteiger partial charge < -0.3 is 39.9 Å². The number of rotatable bonds is 7. The lowest BCUT2D eigenvalue weighted by Crippen LogP contribution is -2.59. The highest BCUT2D eigenvalue weighted by molar-refractivity contribution is 5.73. The quantitative estimate of drug-likeness (QED) is 0.402. The first-order chi connectivity index (χ1) is 15.2. The molecule has 2 aromatic carbocycles. The second-order valence-corrected chi connectivity index (χ2v) is 7.63. The van der Waals surface area contributed by atoms with Gasteiger partial charge in [0.15, 0.2) is 12.4 Å². The maximum absolute atomic E-state index is 10.4. The number of carboxylic acid groups (broad SMARTS) is 1. The second-order valence-electron chi connectivity index (χ2n) is 7.63. The molecule has 1 aliphatic rings. The van der Waals surface area contributed by atoms with Crippen molar-refractivity contribution >= 4 is 5.97 Å². The van der Waals surface area contributed by atoms with Crippen molar-refractivity contribution in [1.82, 2.24) is 4.90 Å². The molecule has 176 valence electrons. The minimum Gasteiger partial charge on any atom is -0.479 e. The predicted molar refractivity (Wildman–Crippen MR) is 116 cm³/mol. The number of nitrogens with zero attached hydrogens (tertiary/aromatic N) is 1. The Hall–Kier alpha value is -2.37. The molecule has 32 heavy (non-hydrogen) atoms. The predicted octanol–water partition coefficient (Wildman–Crippen LogP) is 0.225. The molecule has 0 aromatic heterocycles. The zero-order valence-corrected chi connectivity index (χ0v) is 18.1. The van der Waals surface area contributed by atoms with Gasteiger partial charge in [-0.25, -0.2) is 4.79 Å². The number of hydrogen-bond donors (Lipinski definition) is 5. The summed E-state index contributed by atoms with van der Waals surface area (Å²) < 4.78 is 10.4. The highest BCUT2D eigenvalue weighted by Crippen LogP contribution is 2.25. The number of carbonyl (C=O) groups is 1. The second kappa shape index (κ2) is 12.6. The summed E-state index contributed by atoms with van der Waals surface area (Å²) >= 11 is 0. The van der Waals surface area contributed by atoms with E-state index < -0.39 is 36.7 Å². The van der Waals surface area contributed by atoms with E-state index in [0.29, 0.717) is 0 Å². The van der Waals surface area contributed by atoms with Crippen LogP contribution >= 0.6 is 0 Å². The molecule has 1 heterocycles.